The van der Waals surface area contributed by atoms with E-state index >= 15 is 0 Å². The first-order chi connectivity index (χ1) is 8.18. The SMILES string of the molecule is Cc1nn(C)c(C)c1CNCCc1cccs1. The Balaban J connectivity index is 1.82. The third-order valence-corrected chi connectivity index (χ3v) is 4.03. The average Bonchev–Trinajstić information content (AvgIpc) is 2.87. The fraction of sp³-hybridized carbons (Fsp3) is 0.462. The van der Waals surface area contributed by atoms with E-state index in [9.17, 15) is 0 Å². The molecule has 0 fully saturated rings. The molecule has 0 saturated heterocycles. The van der Waals surface area contributed by atoms with Gasteiger partial charge in [-0.2, -0.15) is 5.10 Å². The smallest absolute Gasteiger partial charge is 0.0641 e. The molecule has 17 heavy (non-hydrogen) atoms. The van der Waals surface area contributed by atoms with E-state index in [1.807, 2.05) is 23.1 Å². The van der Waals surface area contributed by atoms with Crippen LogP contribution >= 0.6 is 11.3 Å². The highest BCUT2D eigenvalue weighted by atomic mass is 32.1. The molecule has 0 aromatic carbocycles. The Labute approximate surface area is 106 Å². The molecule has 4 heteroatoms. The van der Waals surface area contributed by atoms with Gasteiger partial charge in [0.15, 0.2) is 0 Å². The number of rotatable bonds is 5. The van der Waals surface area contributed by atoms with Crippen LogP contribution in [0.3, 0.4) is 0 Å². The lowest BCUT2D eigenvalue weighted by atomic mass is 10.2. The maximum Gasteiger partial charge on any atom is 0.0641 e. The first-order valence-electron chi connectivity index (χ1n) is 5.90. The third-order valence-electron chi connectivity index (χ3n) is 3.09. The predicted octanol–water partition coefficient (Wildman–Crippen LogP) is 2.43. The van der Waals surface area contributed by atoms with Crippen molar-refractivity contribution in [2.75, 3.05) is 6.54 Å². The number of nitrogens with zero attached hydrogens (tertiary/aromatic N) is 2. The maximum atomic E-state index is 4.42. The van der Waals surface area contributed by atoms with E-state index in [2.05, 4.69) is 41.8 Å². The summed E-state index contributed by atoms with van der Waals surface area (Å²) in [5, 5.41) is 10.0. The van der Waals surface area contributed by atoms with Crippen LogP contribution in [0.1, 0.15) is 21.8 Å². The van der Waals surface area contributed by atoms with Crippen molar-refractivity contribution >= 4 is 11.3 Å². The number of nitrogens with one attached hydrogen (secondary N) is 1. The van der Waals surface area contributed by atoms with Gasteiger partial charge in [-0.25, -0.2) is 0 Å². The minimum Gasteiger partial charge on any atom is -0.312 e. The molecule has 2 rings (SSSR count). The molecular formula is C13H19N3S. The molecule has 0 amide bonds. The standard InChI is InChI=1S/C13H19N3S/c1-10-13(11(2)16(3)15-10)9-14-7-6-12-5-4-8-17-12/h4-5,8,14H,6-7,9H2,1-3H3. The second kappa shape index (κ2) is 5.47. The Bertz CT molecular complexity index is 471. The Hall–Kier alpha value is -1.13. The number of aryl methyl sites for hydroxylation is 2. The van der Waals surface area contributed by atoms with Gasteiger partial charge in [-0.3, -0.25) is 4.68 Å². The number of hydrogen-bond acceptors (Lipinski definition) is 3. The first-order valence-corrected chi connectivity index (χ1v) is 6.78. The number of aromatic nitrogens is 2. The van der Waals surface area contributed by atoms with Crippen LogP contribution in [0.25, 0.3) is 0 Å². The Morgan fingerprint density at radius 2 is 2.24 bits per heavy atom. The van der Waals surface area contributed by atoms with Crippen molar-refractivity contribution in [1.82, 2.24) is 15.1 Å². The molecule has 0 aliphatic carbocycles. The summed E-state index contributed by atoms with van der Waals surface area (Å²) in [5.74, 6) is 0. The molecule has 0 spiro atoms. The van der Waals surface area contributed by atoms with Gasteiger partial charge in [0.25, 0.3) is 0 Å². The topological polar surface area (TPSA) is 29.9 Å². The van der Waals surface area contributed by atoms with Gasteiger partial charge in [-0.05, 0) is 31.7 Å². The molecule has 2 aromatic heterocycles. The van der Waals surface area contributed by atoms with E-state index in [1.165, 1.54) is 16.1 Å². The number of hydrogen-bond donors (Lipinski definition) is 1. The maximum absolute atomic E-state index is 4.42. The zero-order valence-electron chi connectivity index (χ0n) is 10.7. The van der Waals surface area contributed by atoms with Crippen molar-refractivity contribution in [3.05, 3.63) is 39.3 Å². The van der Waals surface area contributed by atoms with Crippen molar-refractivity contribution in [2.24, 2.45) is 7.05 Å². The fourth-order valence-corrected chi connectivity index (χ4v) is 2.66. The van der Waals surface area contributed by atoms with Gasteiger partial charge in [0.2, 0.25) is 0 Å². The zero-order chi connectivity index (χ0) is 12.3. The molecular weight excluding hydrogens is 230 g/mol. The second-order valence-electron chi connectivity index (χ2n) is 4.28. The van der Waals surface area contributed by atoms with Gasteiger partial charge in [0.05, 0.1) is 5.69 Å². The Morgan fingerprint density at radius 3 is 2.82 bits per heavy atom. The van der Waals surface area contributed by atoms with Gasteiger partial charge >= 0.3 is 0 Å². The molecule has 0 aliphatic heterocycles. The summed E-state index contributed by atoms with van der Waals surface area (Å²) in [6.45, 7) is 6.13. The molecule has 0 unspecified atom stereocenters. The summed E-state index contributed by atoms with van der Waals surface area (Å²) in [5.41, 5.74) is 3.72. The summed E-state index contributed by atoms with van der Waals surface area (Å²) in [4.78, 5) is 1.44. The largest absolute Gasteiger partial charge is 0.312 e. The molecule has 0 saturated carbocycles. The normalized spacial score (nSPS) is 11.0. The minimum absolute atomic E-state index is 0.914. The monoisotopic (exact) mass is 249 g/mol. The molecule has 2 heterocycles. The van der Waals surface area contributed by atoms with Gasteiger partial charge in [-0.1, -0.05) is 6.07 Å². The van der Waals surface area contributed by atoms with E-state index < -0.39 is 0 Å². The summed E-state index contributed by atoms with van der Waals surface area (Å²) >= 11 is 1.82. The highest BCUT2D eigenvalue weighted by molar-refractivity contribution is 7.09. The van der Waals surface area contributed by atoms with E-state index in [0.717, 1.165) is 25.2 Å². The Kier molecular flexibility index (Phi) is 3.97. The number of thiophene rings is 1. The summed E-state index contributed by atoms with van der Waals surface area (Å²) in [7, 11) is 2.00. The van der Waals surface area contributed by atoms with Crippen molar-refractivity contribution in [1.29, 1.82) is 0 Å². The van der Waals surface area contributed by atoms with Gasteiger partial charge in [-0.15, -0.1) is 11.3 Å². The van der Waals surface area contributed by atoms with Gasteiger partial charge in [0.1, 0.15) is 0 Å². The fourth-order valence-electron chi connectivity index (χ4n) is 1.95. The van der Waals surface area contributed by atoms with Crippen LogP contribution in [-0.4, -0.2) is 16.3 Å². The molecule has 92 valence electrons. The second-order valence-corrected chi connectivity index (χ2v) is 5.31. The van der Waals surface area contributed by atoms with Crippen molar-refractivity contribution in [2.45, 2.75) is 26.8 Å². The molecule has 3 nitrogen and oxygen atoms in total. The molecule has 0 radical (unpaired) electrons. The average molecular weight is 249 g/mol. The van der Waals surface area contributed by atoms with Crippen LogP contribution in [0.4, 0.5) is 0 Å². The lowest BCUT2D eigenvalue weighted by Gasteiger charge is -2.04. The van der Waals surface area contributed by atoms with Crippen LogP contribution < -0.4 is 5.32 Å². The molecule has 1 N–H and O–H groups in total. The van der Waals surface area contributed by atoms with E-state index in [4.69, 9.17) is 0 Å². The van der Waals surface area contributed by atoms with Crippen LogP contribution in [-0.2, 0) is 20.0 Å². The highest BCUT2D eigenvalue weighted by Crippen LogP contribution is 2.12. The van der Waals surface area contributed by atoms with Gasteiger partial charge in [0, 0.05) is 36.3 Å². The van der Waals surface area contributed by atoms with Gasteiger partial charge < -0.3 is 5.32 Å². The van der Waals surface area contributed by atoms with Crippen molar-refractivity contribution in [3.63, 3.8) is 0 Å². The summed E-state index contributed by atoms with van der Waals surface area (Å²) in [6, 6.07) is 4.29. The Morgan fingerprint density at radius 1 is 1.41 bits per heavy atom. The van der Waals surface area contributed by atoms with Crippen LogP contribution in [0.15, 0.2) is 17.5 Å². The lowest BCUT2D eigenvalue weighted by molar-refractivity contribution is 0.682. The van der Waals surface area contributed by atoms with Crippen molar-refractivity contribution in [3.8, 4) is 0 Å². The molecule has 0 atom stereocenters. The third kappa shape index (κ3) is 2.96. The predicted molar refractivity (Wildman–Crippen MR) is 72.4 cm³/mol. The lowest BCUT2D eigenvalue weighted by Crippen LogP contribution is -2.17. The van der Waals surface area contributed by atoms with Crippen molar-refractivity contribution < 1.29 is 0 Å². The first kappa shape index (κ1) is 12.3. The molecule has 0 aliphatic rings. The van der Waals surface area contributed by atoms with Crippen LogP contribution in [0, 0.1) is 13.8 Å². The van der Waals surface area contributed by atoms with E-state index in [0.29, 0.717) is 0 Å². The molecule has 2 aromatic rings. The van der Waals surface area contributed by atoms with E-state index in [-0.39, 0.29) is 0 Å². The summed E-state index contributed by atoms with van der Waals surface area (Å²) < 4.78 is 1.95. The molecule has 0 bridgehead atoms. The quantitative estimate of drug-likeness (QED) is 0.825. The van der Waals surface area contributed by atoms with Crippen LogP contribution in [0.5, 0.6) is 0 Å². The highest BCUT2D eigenvalue weighted by Gasteiger charge is 2.08. The zero-order valence-corrected chi connectivity index (χ0v) is 11.5. The van der Waals surface area contributed by atoms with E-state index in [1.54, 1.807) is 0 Å². The van der Waals surface area contributed by atoms with Crippen LogP contribution in [0.2, 0.25) is 0 Å². The summed E-state index contributed by atoms with van der Waals surface area (Å²) in [6.07, 6.45) is 1.11. The minimum atomic E-state index is 0.914.